The fourth-order valence-electron chi connectivity index (χ4n) is 3.48. The van der Waals surface area contributed by atoms with Crippen molar-refractivity contribution in [3.63, 3.8) is 0 Å². The van der Waals surface area contributed by atoms with Crippen LogP contribution in [0, 0.1) is 0 Å². The van der Waals surface area contributed by atoms with Crippen LogP contribution in [-0.2, 0) is 11.4 Å². The van der Waals surface area contributed by atoms with E-state index in [0.29, 0.717) is 12.4 Å². The molecule has 0 amide bonds. The number of pyridine rings is 1. The number of rotatable bonds is 9. The molecule has 1 atom stereocenters. The largest absolute Gasteiger partial charge is 0.489 e. The Bertz CT molecular complexity index is 1130. The van der Waals surface area contributed by atoms with E-state index in [-0.39, 0.29) is 12.5 Å². The number of aliphatic carboxylic acids is 1. The zero-order valence-corrected chi connectivity index (χ0v) is 17.4. The molecule has 3 aromatic carbocycles. The minimum Gasteiger partial charge on any atom is -0.489 e. The summed E-state index contributed by atoms with van der Waals surface area (Å²) in [6.07, 6.45) is 1.78. The van der Waals surface area contributed by atoms with Gasteiger partial charge in [0.25, 0.3) is 0 Å². The van der Waals surface area contributed by atoms with Crippen LogP contribution in [0.1, 0.15) is 28.3 Å². The van der Waals surface area contributed by atoms with E-state index >= 15 is 0 Å². The lowest BCUT2D eigenvalue weighted by molar-refractivity contribution is -0.139. The van der Waals surface area contributed by atoms with Gasteiger partial charge in [-0.3, -0.25) is 4.98 Å². The monoisotopic (exact) mass is 425 g/mol. The molecule has 160 valence electrons. The highest BCUT2D eigenvalue weighted by Crippen LogP contribution is 2.32. The van der Waals surface area contributed by atoms with Gasteiger partial charge >= 0.3 is 5.97 Å². The standard InChI is InChI=1S/C27H23NO4/c29-26(30)19-32-24-15-11-22(12-16-24)27(25-8-4-5-17-28-25)21-9-13-23(14-10-21)31-18-20-6-2-1-3-7-20/h1-17,27H,18-19H2,(H,29,30). The molecule has 4 aromatic rings. The number of nitrogens with zero attached hydrogens (tertiary/aromatic N) is 1. The van der Waals surface area contributed by atoms with E-state index in [1.807, 2.05) is 72.8 Å². The fourth-order valence-corrected chi connectivity index (χ4v) is 3.48. The van der Waals surface area contributed by atoms with Crippen LogP contribution in [0.3, 0.4) is 0 Å². The first-order valence-corrected chi connectivity index (χ1v) is 10.3. The molecule has 5 heteroatoms. The smallest absolute Gasteiger partial charge is 0.341 e. The number of carbonyl (C=O) groups is 1. The number of hydrogen-bond acceptors (Lipinski definition) is 4. The van der Waals surface area contributed by atoms with Crippen molar-refractivity contribution in [2.24, 2.45) is 0 Å². The van der Waals surface area contributed by atoms with Gasteiger partial charge < -0.3 is 14.6 Å². The van der Waals surface area contributed by atoms with Crippen molar-refractivity contribution < 1.29 is 19.4 Å². The predicted octanol–water partition coefficient (Wildman–Crippen LogP) is 5.30. The van der Waals surface area contributed by atoms with E-state index in [1.165, 1.54) is 0 Å². The van der Waals surface area contributed by atoms with Crippen LogP contribution in [0.2, 0.25) is 0 Å². The summed E-state index contributed by atoms with van der Waals surface area (Å²) in [4.78, 5) is 15.3. The number of benzene rings is 3. The van der Waals surface area contributed by atoms with Crippen LogP contribution in [0.25, 0.3) is 0 Å². The van der Waals surface area contributed by atoms with E-state index in [4.69, 9.17) is 14.6 Å². The molecule has 0 radical (unpaired) electrons. The second kappa shape index (κ2) is 10.3. The van der Waals surface area contributed by atoms with Gasteiger partial charge in [-0.2, -0.15) is 0 Å². The maximum atomic E-state index is 10.7. The van der Waals surface area contributed by atoms with E-state index in [9.17, 15) is 4.79 Å². The topological polar surface area (TPSA) is 68.7 Å². The average Bonchev–Trinajstić information content (AvgIpc) is 2.84. The number of carboxylic acids is 1. The number of aromatic nitrogens is 1. The Labute approximate surface area is 186 Å². The van der Waals surface area contributed by atoms with Crippen molar-refractivity contribution in [1.82, 2.24) is 4.98 Å². The third-order valence-corrected chi connectivity index (χ3v) is 5.02. The maximum absolute atomic E-state index is 10.7. The summed E-state index contributed by atoms with van der Waals surface area (Å²) in [5.74, 6) is 0.235. The summed E-state index contributed by atoms with van der Waals surface area (Å²) in [5, 5.41) is 8.80. The average molecular weight is 425 g/mol. The second-order valence-corrected chi connectivity index (χ2v) is 7.28. The van der Waals surface area contributed by atoms with Gasteiger partial charge in [-0.05, 0) is 53.1 Å². The molecule has 0 fully saturated rings. The first-order valence-electron chi connectivity index (χ1n) is 10.3. The minimum atomic E-state index is -1.00. The lowest BCUT2D eigenvalue weighted by Gasteiger charge is -2.19. The molecular weight excluding hydrogens is 402 g/mol. The molecule has 1 heterocycles. The molecule has 1 unspecified atom stereocenters. The lowest BCUT2D eigenvalue weighted by Crippen LogP contribution is -2.09. The van der Waals surface area contributed by atoms with Gasteiger partial charge in [-0.15, -0.1) is 0 Å². The molecular formula is C27H23NO4. The zero-order chi connectivity index (χ0) is 22.2. The Morgan fingerprint density at radius 1 is 0.750 bits per heavy atom. The predicted molar refractivity (Wildman–Crippen MR) is 122 cm³/mol. The fraction of sp³-hybridized carbons (Fsp3) is 0.111. The second-order valence-electron chi connectivity index (χ2n) is 7.28. The molecule has 0 bridgehead atoms. The van der Waals surface area contributed by atoms with Gasteiger partial charge in [0.2, 0.25) is 0 Å². The van der Waals surface area contributed by atoms with Gasteiger partial charge in [0.1, 0.15) is 18.1 Å². The Morgan fingerprint density at radius 2 is 1.34 bits per heavy atom. The number of carboxylic acid groups (broad SMARTS) is 1. The summed E-state index contributed by atoms with van der Waals surface area (Å²) >= 11 is 0. The van der Waals surface area contributed by atoms with Crippen LogP contribution in [-0.4, -0.2) is 22.7 Å². The van der Waals surface area contributed by atoms with Crippen molar-refractivity contribution in [2.45, 2.75) is 12.5 Å². The van der Waals surface area contributed by atoms with E-state index < -0.39 is 5.97 Å². The summed E-state index contributed by atoms with van der Waals surface area (Å²) in [6, 6.07) is 31.4. The van der Waals surface area contributed by atoms with Crippen molar-refractivity contribution in [3.8, 4) is 11.5 Å². The Kier molecular flexibility index (Phi) is 6.78. The molecule has 0 spiro atoms. The van der Waals surface area contributed by atoms with Crippen molar-refractivity contribution >= 4 is 5.97 Å². The Morgan fingerprint density at radius 3 is 1.91 bits per heavy atom. The van der Waals surface area contributed by atoms with Crippen molar-refractivity contribution in [3.05, 3.63) is 126 Å². The summed E-state index contributed by atoms with van der Waals surface area (Å²) < 4.78 is 11.2. The van der Waals surface area contributed by atoms with Crippen LogP contribution in [0.5, 0.6) is 11.5 Å². The Balaban J connectivity index is 1.55. The van der Waals surface area contributed by atoms with Gasteiger partial charge in [-0.25, -0.2) is 4.79 Å². The van der Waals surface area contributed by atoms with Gasteiger partial charge in [0.05, 0.1) is 11.6 Å². The van der Waals surface area contributed by atoms with Crippen LogP contribution < -0.4 is 9.47 Å². The highest BCUT2D eigenvalue weighted by atomic mass is 16.5. The van der Waals surface area contributed by atoms with E-state index in [1.54, 1.807) is 18.3 Å². The van der Waals surface area contributed by atoms with Crippen LogP contribution in [0.4, 0.5) is 0 Å². The van der Waals surface area contributed by atoms with Crippen LogP contribution in [0.15, 0.2) is 103 Å². The molecule has 0 aliphatic rings. The van der Waals surface area contributed by atoms with Gasteiger partial charge in [0.15, 0.2) is 6.61 Å². The summed E-state index contributed by atoms with van der Waals surface area (Å²) in [6.45, 7) is 0.148. The molecule has 0 saturated heterocycles. The summed E-state index contributed by atoms with van der Waals surface area (Å²) in [7, 11) is 0. The molecule has 4 rings (SSSR count). The molecule has 1 aromatic heterocycles. The van der Waals surface area contributed by atoms with Crippen LogP contribution >= 0.6 is 0 Å². The minimum absolute atomic E-state index is 0.0760. The quantitative estimate of drug-likeness (QED) is 0.394. The Hall–Kier alpha value is -4.12. The van der Waals surface area contributed by atoms with E-state index in [0.717, 1.165) is 28.1 Å². The van der Waals surface area contributed by atoms with Crippen molar-refractivity contribution in [2.75, 3.05) is 6.61 Å². The highest BCUT2D eigenvalue weighted by molar-refractivity contribution is 5.68. The lowest BCUT2D eigenvalue weighted by atomic mass is 9.88. The van der Waals surface area contributed by atoms with Crippen molar-refractivity contribution in [1.29, 1.82) is 0 Å². The molecule has 0 saturated carbocycles. The first-order chi connectivity index (χ1) is 15.7. The van der Waals surface area contributed by atoms with Gasteiger partial charge in [0, 0.05) is 6.20 Å². The zero-order valence-electron chi connectivity index (χ0n) is 17.4. The molecule has 0 aliphatic carbocycles. The molecule has 5 nitrogen and oxygen atoms in total. The summed E-state index contributed by atoms with van der Waals surface area (Å²) in [5.41, 5.74) is 4.15. The van der Waals surface area contributed by atoms with Gasteiger partial charge in [-0.1, -0.05) is 60.7 Å². The SMILES string of the molecule is O=C(O)COc1ccc(C(c2ccc(OCc3ccccc3)cc2)c2ccccn2)cc1. The van der Waals surface area contributed by atoms with E-state index in [2.05, 4.69) is 17.1 Å². The molecule has 32 heavy (non-hydrogen) atoms. The molecule has 0 aliphatic heterocycles. The third kappa shape index (κ3) is 5.52. The molecule has 1 N–H and O–H groups in total. The normalized spacial score (nSPS) is 11.5. The first kappa shape index (κ1) is 21.1. The maximum Gasteiger partial charge on any atom is 0.341 e. The number of hydrogen-bond donors (Lipinski definition) is 1. The highest BCUT2D eigenvalue weighted by Gasteiger charge is 2.18. The number of ether oxygens (including phenoxy) is 2. The third-order valence-electron chi connectivity index (χ3n) is 5.02.